The number of hydrogen-bond acceptors (Lipinski definition) is 4. The zero-order valence-electron chi connectivity index (χ0n) is 10.4. The third-order valence-electron chi connectivity index (χ3n) is 3.48. The molecule has 0 unspecified atom stereocenters. The number of carbonyl (C=O) groups excluding carboxylic acids is 1. The van der Waals surface area contributed by atoms with Crippen molar-refractivity contribution in [2.45, 2.75) is 25.0 Å². The lowest BCUT2D eigenvalue weighted by Crippen LogP contribution is -2.33. The van der Waals surface area contributed by atoms with E-state index >= 15 is 0 Å². The van der Waals surface area contributed by atoms with Crippen molar-refractivity contribution in [2.24, 2.45) is 5.92 Å². The predicted octanol–water partition coefficient (Wildman–Crippen LogP) is 0.420. The van der Waals surface area contributed by atoms with E-state index in [2.05, 4.69) is 5.32 Å². The molecule has 1 aromatic carbocycles. The van der Waals surface area contributed by atoms with Gasteiger partial charge in [-0.3, -0.25) is 4.79 Å². The number of carbonyl (C=O) groups is 1. The van der Waals surface area contributed by atoms with Gasteiger partial charge in [0.05, 0.1) is 17.7 Å². The Morgan fingerprint density at radius 1 is 1.47 bits per heavy atom. The van der Waals surface area contributed by atoms with Gasteiger partial charge in [-0.1, -0.05) is 6.07 Å². The molecular weight excluding hydrogens is 244 g/mol. The molecule has 1 amide bonds. The molecule has 0 spiro atoms. The largest absolute Gasteiger partial charge is 0.396 e. The van der Waals surface area contributed by atoms with E-state index in [4.69, 9.17) is 10.4 Å². The molecule has 1 saturated carbocycles. The van der Waals surface area contributed by atoms with Crippen LogP contribution in [-0.2, 0) is 0 Å². The normalized spacial score (nSPS) is 25.8. The fourth-order valence-corrected chi connectivity index (χ4v) is 2.42. The lowest BCUT2D eigenvalue weighted by molar-refractivity contribution is 0.0903. The van der Waals surface area contributed by atoms with E-state index < -0.39 is 6.10 Å². The highest BCUT2D eigenvalue weighted by molar-refractivity contribution is 5.94. The van der Waals surface area contributed by atoms with Crippen LogP contribution in [0.3, 0.4) is 0 Å². The number of aliphatic hydroxyl groups is 2. The Morgan fingerprint density at radius 3 is 2.89 bits per heavy atom. The molecule has 1 aromatic rings. The first-order chi connectivity index (χ1) is 9.13. The Kier molecular flexibility index (Phi) is 4.15. The highest BCUT2D eigenvalue weighted by atomic mass is 16.3. The summed E-state index contributed by atoms with van der Waals surface area (Å²) in [5.41, 5.74) is 0.869. The monoisotopic (exact) mass is 260 g/mol. The quantitative estimate of drug-likeness (QED) is 0.734. The van der Waals surface area contributed by atoms with Gasteiger partial charge < -0.3 is 15.5 Å². The number of nitriles is 1. The van der Waals surface area contributed by atoms with Crippen molar-refractivity contribution in [3.05, 3.63) is 35.4 Å². The highest BCUT2D eigenvalue weighted by Crippen LogP contribution is 2.25. The summed E-state index contributed by atoms with van der Waals surface area (Å²) >= 11 is 0. The van der Waals surface area contributed by atoms with Crippen molar-refractivity contribution in [1.82, 2.24) is 5.32 Å². The van der Waals surface area contributed by atoms with Crippen LogP contribution in [0.1, 0.15) is 28.8 Å². The van der Waals surface area contributed by atoms with Crippen LogP contribution in [-0.4, -0.2) is 34.9 Å². The smallest absolute Gasteiger partial charge is 0.251 e. The number of nitrogens with zero attached hydrogens (tertiary/aromatic N) is 1. The zero-order valence-corrected chi connectivity index (χ0v) is 10.4. The molecule has 5 nitrogen and oxygen atoms in total. The number of aliphatic hydroxyl groups excluding tert-OH is 2. The molecule has 5 heteroatoms. The van der Waals surface area contributed by atoms with Crippen LogP contribution < -0.4 is 5.32 Å². The van der Waals surface area contributed by atoms with Gasteiger partial charge in [0.25, 0.3) is 5.91 Å². The Morgan fingerprint density at radius 2 is 2.26 bits per heavy atom. The molecule has 100 valence electrons. The third-order valence-corrected chi connectivity index (χ3v) is 3.48. The summed E-state index contributed by atoms with van der Waals surface area (Å²) in [5, 5.41) is 30.3. The predicted molar refractivity (Wildman–Crippen MR) is 68.2 cm³/mol. The molecule has 19 heavy (non-hydrogen) atoms. The number of benzene rings is 1. The molecular formula is C14H16N2O3. The molecule has 2 rings (SSSR count). The molecule has 1 aliphatic carbocycles. The number of rotatable bonds is 3. The van der Waals surface area contributed by atoms with Gasteiger partial charge in [0.15, 0.2) is 0 Å². The lowest BCUT2D eigenvalue weighted by Gasteiger charge is -2.12. The first kappa shape index (κ1) is 13.5. The molecule has 0 bridgehead atoms. The second-order valence-electron chi connectivity index (χ2n) is 4.84. The van der Waals surface area contributed by atoms with Gasteiger partial charge in [0.1, 0.15) is 0 Å². The average molecular weight is 260 g/mol. The Labute approximate surface area is 111 Å². The number of amides is 1. The number of nitrogens with one attached hydrogen (secondary N) is 1. The molecule has 0 aliphatic heterocycles. The molecule has 1 fully saturated rings. The minimum atomic E-state index is -0.569. The summed E-state index contributed by atoms with van der Waals surface area (Å²) in [4.78, 5) is 12.0. The van der Waals surface area contributed by atoms with Crippen LogP contribution in [0.4, 0.5) is 0 Å². The summed E-state index contributed by atoms with van der Waals surface area (Å²) in [6.07, 6.45) is 0.455. The molecule has 3 N–H and O–H groups in total. The van der Waals surface area contributed by atoms with Crippen LogP contribution in [0.5, 0.6) is 0 Å². The number of hydrogen-bond donors (Lipinski definition) is 3. The first-order valence-corrected chi connectivity index (χ1v) is 6.24. The maximum atomic E-state index is 12.0. The van der Waals surface area contributed by atoms with Gasteiger partial charge in [-0.25, -0.2) is 0 Å². The SMILES string of the molecule is N#Cc1cccc(C(=O)N[C@@H]2C[C@H](CO)[C@H](O)C2)c1. The molecule has 1 aliphatic rings. The average Bonchev–Trinajstić information content (AvgIpc) is 2.78. The van der Waals surface area contributed by atoms with E-state index in [1.165, 1.54) is 6.07 Å². The minimum absolute atomic E-state index is 0.0720. The zero-order chi connectivity index (χ0) is 13.8. The van der Waals surface area contributed by atoms with Crippen molar-refractivity contribution in [2.75, 3.05) is 6.61 Å². The first-order valence-electron chi connectivity index (χ1n) is 6.24. The van der Waals surface area contributed by atoms with E-state index in [9.17, 15) is 9.90 Å². The van der Waals surface area contributed by atoms with E-state index in [-0.39, 0.29) is 24.5 Å². The van der Waals surface area contributed by atoms with Crippen molar-refractivity contribution >= 4 is 5.91 Å². The van der Waals surface area contributed by atoms with Crippen molar-refractivity contribution in [1.29, 1.82) is 5.26 Å². The van der Waals surface area contributed by atoms with Gasteiger partial charge in [-0.15, -0.1) is 0 Å². The summed E-state index contributed by atoms with van der Waals surface area (Å²) < 4.78 is 0. The van der Waals surface area contributed by atoms with Gasteiger partial charge in [0.2, 0.25) is 0 Å². The van der Waals surface area contributed by atoms with Crippen LogP contribution >= 0.6 is 0 Å². The Hall–Kier alpha value is -1.90. The van der Waals surface area contributed by atoms with Gasteiger partial charge in [0, 0.05) is 24.1 Å². The van der Waals surface area contributed by atoms with E-state index in [0.717, 1.165) is 0 Å². The summed E-state index contributed by atoms with van der Waals surface area (Å²) in [6, 6.07) is 8.33. The van der Waals surface area contributed by atoms with Crippen molar-refractivity contribution < 1.29 is 15.0 Å². The van der Waals surface area contributed by atoms with Gasteiger partial charge in [-0.05, 0) is 31.0 Å². The van der Waals surface area contributed by atoms with Crippen LogP contribution in [0.25, 0.3) is 0 Å². The maximum Gasteiger partial charge on any atom is 0.251 e. The topological polar surface area (TPSA) is 93.4 Å². The Balaban J connectivity index is 2.00. The standard InChI is InChI=1S/C14H16N2O3/c15-7-9-2-1-3-10(4-9)14(19)16-12-5-11(8-17)13(18)6-12/h1-4,11-13,17-18H,5-6,8H2,(H,16,19)/t11-,12-,13-/m1/s1. The summed E-state index contributed by atoms with van der Waals surface area (Å²) in [6.45, 7) is -0.0720. The minimum Gasteiger partial charge on any atom is -0.396 e. The van der Waals surface area contributed by atoms with E-state index in [1.807, 2.05) is 6.07 Å². The maximum absolute atomic E-state index is 12.0. The van der Waals surface area contributed by atoms with Crippen LogP contribution in [0, 0.1) is 17.2 Å². The van der Waals surface area contributed by atoms with Gasteiger partial charge in [-0.2, -0.15) is 5.26 Å². The van der Waals surface area contributed by atoms with Crippen LogP contribution in [0.15, 0.2) is 24.3 Å². The molecule has 0 radical (unpaired) electrons. The van der Waals surface area contributed by atoms with Crippen LogP contribution in [0.2, 0.25) is 0 Å². The third kappa shape index (κ3) is 3.11. The highest BCUT2D eigenvalue weighted by Gasteiger charge is 2.33. The van der Waals surface area contributed by atoms with Crippen molar-refractivity contribution in [3.63, 3.8) is 0 Å². The summed E-state index contributed by atoms with van der Waals surface area (Å²) in [7, 11) is 0. The lowest BCUT2D eigenvalue weighted by atomic mass is 10.1. The van der Waals surface area contributed by atoms with Gasteiger partial charge >= 0.3 is 0 Å². The van der Waals surface area contributed by atoms with E-state index in [0.29, 0.717) is 24.0 Å². The van der Waals surface area contributed by atoms with E-state index in [1.54, 1.807) is 18.2 Å². The Bertz CT molecular complexity index is 510. The van der Waals surface area contributed by atoms with Crippen molar-refractivity contribution in [3.8, 4) is 6.07 Å². The second-order valence-corrected chi connectivity index (χ2v) is 4.84. The summed E-state index contributed by atoms with van der Waals surface area (Å²) in [5.74, 6) is -0.427. The fourth-order valence-electron chi connectivity index (χ4n) is 2.42. The molecule has 0 aromatic heterocycles. The molecule has 3 atom stereocenters. The fraction of sp³-hybridized carbons (Fsp3) is 0.429. The molecule has 0 heterocycles. The second kappa shape index (κ2) is 5.83. The molecule has 0 saturated heterocycles.